The molecule has 100 valence electrons. The number of carbonyl (C=O) groups is 1. The smallest absolute Gasteiger partial charge is 0.365 e. The van der Waals surface area contributed by atoms with E-state index in [1.165, 1.54) is 11.3 Å². The molecule has 18 heavy (non-hydrogen) atoms. The van der Waals surface area contributed by atoms with Crippen LogP contribution in [0.5, 0.6) is 0 Å². The van der Waals surface area contributed by atoms with E-state index in [1.807, 2.05) is 0 Å². The number of carboxylic acid groups (broad SMARTS) is 1. The standard InChI is InChI=1S/C12H18N2O3S/c1-12(2)5-8(3-4-17-12)13-6-9-7-18-10(14-9)11(15)16/h7-8,13H,3-6H2,1-2H3,(H,15,16). The van der Waals surface area contributed by atoms with Crippen LogP contribution in [0.3, 0.4) is 0 Å². The molecule has 1 unspecified atom stereocenters. The summed E-state index contributed by atoms with van der Waals surface area (Å²) in [6, 6.07) is 0.406. The lowest BCUT2D eigenvalue weighted by molar-refractivity contribution is -0.0631. The van der Waals surface area contributed by atoms with Crippen LogP contribution in [0, 0.1) is 0 Å². The Bertz CT molecular complexity index is 431. The Balaban J connectivity index is 1.85. The van der Waals surface area contributed by atoms with Crippen LogP contribution >= 0.6 is 11.3 Å². The zero-order valence-electron chi connectivity index (χ0n) is 10.6. The molecule has 0 amide bonds. The largest absolute Gasteiger partial charge is 0.476 e. The third kappa shape index (κ3) is 3.51. The summed E-state index contributed by atoms with van der Waals surface area (Å²) in [6.07, 6.45) is 1.95. The second kappa shape index (κ2) is 5.34. The average Bonchev–Trinajstić information content (AvgIpc) is 2.74. The van der Waals surface area contributed by atoms with Crippen molar-refractivity contribution in [2.75, 3.05) is 6.61 Å². The summed E-state index contributed by atoms with van der Waals surface area (Å²) < 4.78 is 5.65. The van der Waals surface area contributed by atoms with Crippen molar-refractivity contribution in [3.8, 4) is 0 Å². The van der Waals surface area contributed by atoms with E-state index in [-0.39, 0.29) is 10.6 Å². The number of nitrogens with zero attached hydrogens (tertiary/aromatic N) is 1. The van der Waals surface area contributed by atoms with Crippen LogP contribution < -0.4 is 5.32 Å². The SMILES string of the molecule is CC1(C)CC(NCc2csc(C(=O)O)n2)CCO1. The van der Waals surface area contributed by atoms with Crippen molar-refractivity contribution in [2.24, 2.45) is 0 Å². The molecular weight excluding hydrogens is 252 g/mol. The third-order valence-corrected chi connectivity index (χ3v) is 3.88. The van der Waals surface area contributed by atoms with Gasteiger partial charge in [-0.25, -0.2) is 9.78 Å². The fourth-order valence-corrected chi connectivity index (χ4v) is 2.80. The maximum atomic E-state index is 10.7. The third-order valence-electron chi connectivity index (χ3n) is 3.00. The van der Waals surface area contributed by atoms with Crippen LogP contribution in [-0.4, -0.2) is 34.3 Å². The Morgan fingerprint density at radius 3 is 3.11 bits per heavy atom. The van der Waals surface area contributed by atoms with E-state index in [2.05, 4.69) is 24.1 Å². The Hall–Kier alpha value is -0.980. The molecule has 2 rings (SSSR count). The maximum absolute atomic E-state index is 10.7. The van der Waals surface area contributed by atoms with Gasteiger partial charge in [0.25, 0.3) is 0 Å². The van der Waals surface area contributed by atoms with Gasteiger partial charge in [-0.2, -0.15) is 0 Å². The highest BCUT2D eigenvalue weighted by atomic mass is 32.1. The van der Waals surface area contributed by atoms with Crippen LogP contribution in [0.1, 0.15) is 42.2 Å². The molecule has 1 fully saturated rings. The zero-order valence-corrected chi connectivity index (χ0v) is 11.4. The molecule has 0 bridgehead atoms. The van der Waals surface area contributed by atoms with Gasteiger partial charge in [0.05, 0.1) is 11.3 Å². The predicted molar refractivity (Wildman–Crippen MR) is 69.0 cm³/mol. The molecule has 1 saturated heterocycles. The molecule has 0 aliphatic carbocycles. The van der Waals surface area contributed by atoms with Gasteiger partial charge >= 0.3 is 5.97 Å². The second-order valence-electron chi connectivity index (χ2n) is 5.13. The lowest BCUT2D eigenvalue weighted by atomic mass is 9.94. The van der Waals surface area contributed by atoms with E-state index in [0.29, 0.717) is 12.6 Å². The van der Waals surface area contributed by atoms with Crippen LogP contribution in [0.25, 0.3) is 0 Å². The number of aromatic nitrogens is 1. The second-order valence-corrected chi connectivity index (χ2v) is 5.99. The lowest BCUT2D eigenvalue weighted by Crippen LogP contribution is -2.43. The van der Waals surface area contributed by atoms with Gasteiger partial charge in [0.1, 0.15) is 0 Å². The van der Waals surface area contributed by atoms with Gasteiger partial charge in [0.15, 0.2) is 0 Å². The number of thiazole rings is 1. The lowest BCUT2D eigenvalue weighted by Gasteiger charge is -2.35. The van der Waals surface area contributed by atoms with E-state index in [9.17, 15) is 4.79 Å². The summed E-state index contributed by atoms with van der Waals surface area (Å²) in [5.41, 5.74) is 0.714. The molecular formula is C12H18N2O3S. The number of hydrogen-bond acceptors (Lipinski definition) is 5. The molecule has 1 aromatic heterocycles. The minimum Gasteiger partial charge on any atom is -0.476 e. The normalized spacial score (nSPS) is 22.9. The summed E-state index contributed by atoms with van der Waals surface area (Å²) in [6.45, 7) is 5.56. The summed E-state index contributed by atoms with van der Waals surface area (Å²) >= 11 is 1.17. The first-order valence-corrected chi connectivity index (χ1v) is 6.89. The first-order chi connectivity index (χ1) is 8.46. The molecule has 2 heterocycles. The number of hydrogen-bond donors (Lipinski definition) is 2. The highest BCUT2D eigenvalue weighted by Gasteiger charge is 2.28. The van der Waals surface area contributed by atoms with E-state index in [1.54, 1.807) is 5.38 Å². The summed E-state index contributed by atoms with van der Waals surface area (Å²) in [5, 5.41) is 14.2. The highest BCUT2D eigenvalue weighted by Crippen LogP contribution is 2.24. The van der Waals surface area contributed by atoms with Gasteiger partial charge < -0.3 is 15.2 Å². The van der Waals surface area contributed by atoms with E-state index in [4.69, 9.17) is 9.84 Å². The van der Waals surface area contributed by atoms with E-state index >= 15 is 0 Å². The van der Waals surface area contributed by atoms with Gasteiger partial charge in [-0.1, -0.05) is 0 Å². The molecule has 6 heteroatoms. The van der Waals surface area contributed by atoms with Crippen LogP contribution in [0.4, 0.5) is 0 Å². The zero-order chi connectivity index (χ0) is 13.2. The minimum absolute atomic E-state index is 0.0792. The fourth-order valence-electron chi connectivity index (χ4n) is 2.14. The first-order valence-electron chi connectivity index (χ1n) is 6.01. The molecule has 0 saturated carbocycles. The van der Waals surface area contributed by atoms with Crippen molar-refractivity contribution in [1.82, 2.24) is 10.3 Å². The van der Waals surface area contributed by atoms with Crippen molar-refractivity contribution in [2.45, 2.75) is 44.9 Å². The maximum Gasteiger partial charge on any atom is 0.365 e. The molecule has 2 N–H and O–H groups in total. The van der Waals surface area contributed by atoms with Gasteiger partial charge in [-0.05, 0) is 26.7 Å². The van der Waals surface area contributed by atoms with Crippen molar-refractivity contribution in [1.29, 1.82) is 0 Å². The quantitative estimate of drug-likeness (QED) is 0.874. The van der Waals surface area contributed by atoms with E-state index < -0.39 is 5.97 Å². The number of carboxylic acids is 1. The molecule has 1 aliphatic rings. The number of ether oxygens (including phenoxy) is 1. The minimum atomic E-state index is -0.960. The van der Waals surface area contributed by atoms with Crippen molar-refractivity contribution < 1.29 is 14.6 Å². The number of aromatic carboxylic acids is 1. The van der Waals surface area contributed by atoms with Gasteiger partial charge in [0, 0.05) is 24.6 Å². The average molecular weight is 270 g/mol. The Morgan fingerprint density at radius 2 is 2.50 bits per heavy atom. The summed E-state index contributed by atoms with van der Waals surface area (Å²) in [4.78, 5) is 14.8. The molecule has 1 aromatic rings. The van der Waals surface area contributed by atoms with Crippen LogP contribution in [-0.2, 0) is 11.3 Å². The topological polar surface area (TPSA) is 71.5 Å². The first kappa shape index (κ1) is 13.5. The van der Waals surface area contributed by atoms with Gasteiger partial charge in [0.2, 0.25) is 5.01 Å². The Kier molecular flexibility index (Phi) is 3.99. The van der Waals surface area contributed by atoms with Crippen molar-refractivity contribution in [3.63, 3.8) is 0 Å². The molecule has 1 aliphatic heterocycles. The molecule has 1 atom stereocenters. The number of nitrogens with one attached hydrogen (secondary N) is 1. The summed E-state index contributed by atoms with van der Waals surface area (Å²) in [7, 11) is 0. The van der Waals surface area contributed by atoms with Crippen molar-refractivity contribution in [3.05, 3.63) is 16.1 Å². The van der Waals surface area contributed by atoms with Crippen LogP contribution in [0.2, 0.25) is 0 Å². The van der Waals surface area contributed by atoms with Crippen LogP contribution in [0.15, 0.2) is 5.38 Å². The highest BCUT2D eigenvalue weighted by molar-refractivity contribution is 7.11. The predicted octanol–water partition coefficient (Wildman–Crippen LogP) is 1.89. The van der Waals surface area contributed by atoms with Crippen molar-refractivity contribution >= 4 is 17.3 Å². The number of rotatable bonds is 4. The molecule has 5 nitrogen and oxygen atoms in total. The van der Waals surface area contributed by atoms with E-state index in [0.717, 1.165) is 25.1 Å². The monoisotopic (exact) mass is 270 g/mol. The molecule has 0 aromatic carbocycles. The Morgan fingerprint density at radius 1 is 1.72 bits per heavy atom. The molecule has 0 spiro atoms. The Labute approximate surface area is 110 Å². The van der Waals surface area contributed by atoms with Gasteiger partial charge in [-0.3, -0.25) is 0 Å². The molecule has 0 radical (unpaired) electrons. The van der Waals surface area contributed by atoms with Gasteiger partial charge in [-0.15, -0.1) is 11.3 Å². The fraction of sp³-hybridized carbons (Fsp3) is 0.667. The summed E-state index contributed by atoms with van der Waals surface area (Å²) in [5.74, 6) is -0.960.